The molecule has 7 heteroatoms. The van der Waals surface area contributed by atoms with E-state index in [1.807, 2.05) is 20.9 Å². The minimum atomic E-state index is -3.54. The Kier molecular flexibility index (Phi) is 10.3. The standard InChI is InChI=1S/C16H32N2O4S/c1-13(2)15(19)9-6-7-10-18(5)11-8-12-23(21,22)17-16(20)14(3)4/h13-14H,6-12H2,1-5H3,(H,17,20). The van der Waals surface area contributed by atoms with Gasteiger partial charge in [0.05, 0.1) is 5.75 Å². The van der Waals surface area contributed by atoms with Crippen molar-refractivity contribution in [2.24, 2.45) is 11.8 Å². The maximum Gasteiger partial charge on any atom is 0.235 e. The molecule has 0 unspecified atom stereocenters. The summed E-state index contributed by atoms with van der Waals surface area (Å²) in [5, 5.41) is 0. The molecule has 0 aromatic heterocycles. The van der Waals surface area contributed by atoms with Crippen LogP contribution in [0.4, 0.5) is 0 Å². The van der Waals surface area contributed by atoms with Crippen molar-refractivity contribution in [2.45, 2.75) is 53.4 Å². The Hall–Kier alpha value is -0.950. The zero-order valence-electron chi connectivity index (χ0n) is 15.1. The van der Waals surface area contributed by atoms with E-state index in [1.165, 1.54) is 0 Å². The average molecular weight is 349 g/mol. The second kappa shape index (κ2) is 10.8. The maximum absolute atomic E-state index is 11.7. The average Bonchev–Trinajstić information content (AvgIpc) is 2.42. The van der Waals surface area contributed by atoms with Crippen LogP contribution in [0, 0.1) is 11.8 Å². The molecule has 0 spiro atoms. The molecule has 1 N–H and O–H groups in total. The Labute approximate surface area is 141 Å². The fraction of sp³-hybridized carbons (Fsp3) is 0.875. The van der Waals surface area contributed by atoms with E-state index in [4.69, 9.17) is 0 Å². The van der Waals surface area contributed by atoms with Crippen LogP contribution in [-0.4, -0.2) is 50.9 Å². The van der Waals surface area contributed by atoms with Gasteiger partial charge in [-0.1, -0.05) is 27.7 Å². The van der Waals surface area contributed by atoms with E-state index in [0.29, 0.717) is 25.2 Å². The summed E-state index contributed by atoms with van der Waals surface area (Å²) in [6, 6.07) is 0. The summed E-state index contributed by atoms with van der Waals surface area (Å²) in [5.74, 6) is -0.477. The quantitative estimate of drug-likeness (QED) is 0.544. The smallest absolute Gasteiger partial charge is 0.235 e. The number of hydrogen-bond acceptors (Lipinski definition) is 5. The molecule has 0 aromatic rings. The Morgan fingerprint density at radius 1 is 0.957 bits per heavy atom. The van der Waals surface area contributed by atoms with Crippen molar-refractivity contribution in [2.75, 3.05) is 25.9 Å². The summed E-state index contributed by atoms with van der Waals surface area (Å²) >= 11 is 0. The highest BCUT2D eigenvalue weighted by molar-refractivity contribution is 7.90. The lowest BCUT2D eigenvalue weighted by molar-refractivity contribution is -0.122. The second-order valence-electron chi connectivity index (χ2n) is 6.67. The molecule has 0 rings (SSSR count). The van der Waals surface area contributed by atoms with E-state index in [0.717, 1.165) is 19.4 Å². The predicted octanol–water partition coefficient (Wildman–Crippen LogP) is 1.81. The van der Waals surface area contributed by atoms with Gasteiger partial charge < -0.3 is 4.90 Å². The third kappa shape index (κ3) is 11.3. The molecule has 0 aromatic carbocycles. The van der Waals surface area contributed by atoms with Gasteiger partial charge in [-0.3, -0.25) is 14.3 Å². The molecule has 0 heterocycles. The molecule has 0 saturated heterocycles. The lowest BCUT2D eigenvalue weighted by Crippen LogP contribution is -2.36. The van der Waals surface area contributed by atoms with Gasteiger partial charge >= 0.3 is 0 Å². The van der Waals surface area contributed by atoms with Crippen molar-refractivity contribution in [1.29, 1.82) is 0 Å². The van der Waals surface area contributed by atoms with Crippen molar-refractivity contribution in [3.8, 4) is 0 Å². The van der Waals surface area contributed by atoms with Crippen molar-refractivity contribution < 1.29 is 18.0 Å². The lowest BCUT2D eigenvalue weighted by Gasteiger charge is -2.16. The molecule has 0 bridgehead atoms. The van der Waals surface area contributed by atoms with Crippen LogP contribution < -0.4 is 4.72 Å². The first kappa shape index (κ1) is 22.1. The van der Waals surface area contributed by atoms with Crippen molar-refractivity contribution in [3.05, 3.63) is 0 Å². The van der Waals surface area contributed by atoms with Crippen LogP contribution in [0.1, 0.15) is 53.4 Å². The Balaban J connectivity index is 3.87. The van der Waals surface area contributed by atoms with Crippen LogP contribution in [0.5, 0.6) is 0 Å². The lowest BCUT2D eigenvalue weighted by atomic mass is 10.0. The zero-order valence-corrected chi connectivity index (χ0v) is 15.9. The van der Waals surface area contributed by atoms with Gasteiger partial charge in [0.25, 0.3) is 0 Å². The van der Waals surface area contributed by atoms with E-state index >= 15 is 0 Å². The number of carbonyl (C=O) groups excluding carboxylic acids is 2. The summed E-state index contributed by atoms with van der Waals surface area (Å²) in [6.45, 7) is 8.62. The van der Waals surface area contributed by atoms with E-state index in [9.17, 15) is 18.0 Å². The Bertz CT molecular complexity index is 472. The molecule has 0 radical (unpaired) electrons. The molecule has 0 atom stereocenters. The number of unbranched alkanes of at least 4 members (excludes halogenated alkanes) is 1. The first-order valence-corrected chi connectivity index (χ1v) is 9.96. The maximum atomic E-state index is 11.7. The number of nitrogens with zero attached hydrogens (tertiary/aromatic N) is 1. The zero-order chi connectivity index (χ0) is 18.0. The molecular weight excluding hydrogens is 316 g/mol. The number of hydrogen-bond donors (Lipinski definition) is 1. The molecule has 0 aliphatic heterocycles. The number of nitrogens with one attached hydrogen (secondary N) is 1. The first-order valence-electron chi connectivity index (χ1n) is 8.30. The van der Waals surface area contributed by atoms with Gasteiger partial charge in [0.1, 0.15) is 5.78 Å². The monoisotopic (exact) mass is 348 g/mol. The third-order valence-electron chi connectivity index (χ3n) is 3.59. The molecule has 1 amide bonds. The Morgan fingerprint density at radius 3 is 2.04 bits per heavy atom. The summed E-state index contributed by atoms with van der Waals surface area (Å²) in [5.41, 5.74) is 0. The molecule has 0 saturated carbocycles. The minimum Gasteiger partial charge on any atom is -0.306 e. The molecule has 0 fully saturated rings. The summed E-state index contributed by atoms with van der Waals surface area (Å²) in [7, 11) is -1.60. The minimum absolute atomic E-state index is 0.0539. The number of Topliss-reactive ketones (excluding diaryl/α,β-unsaturated/α-hetero) is 1. The largest absolute Gasteiger partial charge is 0.306 e. The van der Waals surface area contributed by atoms with Crippen molar-refractivity contribution in [3.63, 3.8) is 0 Å². The van der Waals surface area contributed by atoms with E-state index in [2.05, 4.69) is 9.62 Å². The summed E-state index contributed by atoms with van der Waals surface area (Å²) in [4.78, 5) is 25.0. The van der Waals surface area contributed by atoms with Gasteiger partial charge in [0.2, 0.25) is 15.9 Å². The van der Waals surface area contributed by atoms with Crippen LogP contribution in [0.15, 0.2) is 0 Å². The van der Waals surface area contributed by atoms with E-state index in [1.54, 1.807) is 13.8 Å². The van der Waals surface area contributed by atoms with Crippen molar-refractivity contribution >= 4 is 21.7 Å². The molecule has 136 valence electrons. The van der Waals surface area contributed by atoms with Crippen LogP contribution in [-0.2, 0) is 19.6 Å². The Morgan fingerprint density at radius 2 is 1.52 bits per heavy atom. The SMILES string of the molecule is CC(C)C(=O)CCCCN(C)CCCS(=O)(=O)NC(=O)C(C)C. The molecule has 0 aliphatic rings. The fourth-order valence-electron chi connectivity index (χ4n) is 1.93. The molecule has 23 heavy (non-hydrogen) atoms. The van der Waals surface area contributed by atoms with Gasteiger partial charge in [0.15, 0.2) is 0 Å². The number of sulfonamides is 1. The van der Waals surface area contributed by atoms with Crippen LogP contribution in [0.25, 0.3) is 0 Å². The molecule has 6 nitrogen and oxygen atoms in total. The van der Waals surface area contributed by atoms with Crippen LogP contribution in [0.3, 0.4) is 0 Å². The van der Waals surface area contributed by atoms with Crippen molar-refractivity contribution in [1.82, 2.24) is 9.62 Å². The third-order valence-corrected chi connectivity index (χ3v) is 4.93. The van der Waals surface area contributed by atoms with Crippen LogP contribution >= 0.6 is 0 Å². The summed E-state index contributed by atoms with van der Waals surface area (Å²) in [6.07, 6.45) is 2.87. The number of amides is 1. The topological polar surface area (TPSA) is 83.6 Å². The van der Waals surface area contributed by atoms with Gasteiger partial charge in [-0.2, -0.15) is 0 Å². The van der Waals surface area contributed by atoms with Gasteiger partial charge in [-0.25, -0.2) is 8.42 Å². The first-order chi connectivity index (χ1) is 10.5. The van der Waals surface area contributed by atoms with Gasteiger partial charge in [-0.05, 0) is 39.4 Å². The van der Waals surface area contributed by atoms with Gasteiger partial charge in [-0.15, -0.1) is 0 Å². The van der Waals surface area contributed by atoms with Gasteiger partial charge in [0, 0.05) is 18.3 Å². The van der Waals surface area contributed by atoms with Crippen LogP contribution in [0.2, 0.25) is 0 Å². The second-order valence-corrected chi connectivity index (χ2v) is 8.52. The number of ketones is 1. The highest BCUT2D eigenvalue weighted by Gasteiger charge is 2.16. The molecule has 0 aliphatic carbocycles. The molecular formula is C16H32N2O4S. The summed E-state index contributed by atoms with van der Waals surface area (Å²) < 4.78 is 25.6. The fourth-order valence-corrected chi connectivity index (χ4v) is 3.08. The number of rotatable bonds is 12. The van der Waals surface area contributed by atoms with E-state index < -0.39 is 15.9 Å². The van der Waals surface area contributed by atoms with E-state index in [-0.39, 0.29) is 17.6 Å². The normalized spacial score (nSPS) is 12.2. The number of carbonyl (C=O) groups is 2. The highest BCUT2D eigenvalue weighted by Crippen LogP contribution is 2.05. The predicted molar refractivity (Wildman–Crippen MR) is 92.6 cm³/mol. The highest BCUT2D eigenvalue weighted by atomic mass is 32.2.